The van der Waals surface area contributed by atoms with Gasteiger partial charge in [-0.05, 0) is 12.8 Å². The van der Waals surface area contributed by atoms with Crippen molar-refractivity contribution in [1.29, 1.82) is 0 Å². The average Bonchev–Trinajstić information content (AvgIpc) is 2.51. The lowest BCUT2D eigenvalue weighted by Gasteiger charge is -2.27. The maximum absolute atomic E-state index is 10.1. The van der Waals surface area contributed by atoms with Crippen molar-refractivity contribution in [3.63, 3.8) is 0 Å². The molecule has 0 bridgehead atoms. The Morgan fingerprint density at radius 2 is 0.900 bits per heavy atom. The summed E-state index contributed by atoms with van der Waals surface area (Å²) in [4.78, 5) is 0. The standard InChI is InChI=1S/C11H28O7Si2/c1-13-19(14-2,15-3)9-7-11(12)8-10-20(16-4,17-5)18-6/h11-12H,7-10H2,1-6H3. The molecule has 0 aliphatic rings. The molecule has 0 saturated carbocycles. The third kappa shape index (κ3) is 5.87. The Bertz CT molecular complexity index is 206. The molecule has 0 atom stereocenters. The lowest BCUT2D eigenvalue weighted by Crippen LogP contribution is -2.44. The van der Waals surface area contributed by atoms with Crippen molar-refractivity contribution in [3.8, 4) is 0 Å². The largest absolute Gasteiger partial charge is 0.500 e. The van der Waals surface area contributed by atoms with Gasteiger partial charge in [0.2, 0.25) is 0 Å². The predicted molar refractivity (Wildman–Crippen MR) is 78.4 cm³/mol. The van der Waals surface area contributed by atoms with E-state index in [9.17, 15) is 5.11 Å². The molecule has 0 saturated heterocycles. The van der Waals surface area contributed by atoms with Crippen LogP contribution in [0.1, 0.15) is 12.8 Å². The van der Waals surface area contributed by atoms with Crippen LogP contribution in [0.4, 0.5) is 0 Å². The molecule has 0 aliphatic carbocycles. The second-order valence-corrected chi connectivity index (χ2v) is 10.5. The van der Waals surface area contributed by atoms with Crippen LogP contribution < -0.4 is 0 Å². The Labute approximate surface area is 123 Å². The third-order valence-electron chi connectivity index (χ3n) is 3.43. The predicted octanol–water partition coefficient (Wildman–Crippen LogP) is 0.884. The van der Waals surface area contributed by atoms with E-state index in [1.54, 1.807) is 42.7 Å². The SMILES string of the molecule is CO[Si](CCC(O)CC[Si](OC)(OC)OC)(OC)OC. The number of rotatable bonds is 12. The Balaban J connectivity index is 4.26. The highest BCUT2D eigenvalue weighted by molar-refractivity contribution is 6.61. The summed E-state index contributed by atoms with van der Waals surface area (Å²) in [6, 6.07) is 1.11. The zero-order valence-corrected chi connectivity index (χ0v) is 15.3. The first-order chi connectivity index (χ1) is 9.46. The van der Waals surface area contributed by atoms with E-state index in [1.165, 1.54) is 0 Å². The molecule has 0 rings (SSSR count). The second-order valence-electron chi connectivity index (χ2n) is 4.32. The summed E-state index contributed by atoms with van der Waals surface area (Å²) in [5, 5.41) is 10.1. The van der Waals surface area contributed by atoms with Crippen molar-refractivity contribution >= 4 is 17.6 Å². The highest BCUT2D eigenvalue weighted by atomic mass is 28.4. The molecular formula is C11H28O7Si2. The quantitative estimate of drug-likeness (QED) is 0.533. The van der Waals surface area contributed by atoms with Crippen LogP contribution in [0.3, 0.4) is 0 Å². The molecule has 0 fully saturated rings. The van der Waals surface area contributed by atoms with Crippen molar-refractivity contribution in [2.45, 2.75) is 31.0 Å². The van der Waals surface area contributed by atoms with E-state index in [-0.39, 0.29) is 0 Å². The van der Waals surface area contributed by atoms with Gasteiger partial charge >= 0.3 is 17.6 Å². The first kappa shape index (κ1) is 20.2. The summed E-state index contributed by atoms with van der Waals surface area (Å²) in [5.41, 5.74) is 0. The highest BCUT2D eigenvalue weighted by Gasteiger charge is 2.40. The molecule has 0 radical (unpaired) electrons. The van der Waals surface area contributed by atoms with Gasteiger partial charge in [-0.1, -0.05) is 0 Å². The zero-order valence-electron chi connectivity index (χ0n) is 13.3. The lowest BCUT2D eigenvalue weighted by molar-refractivity contribution is 0.0995. The highest BCUT2D eigenvalue weighted by Crippen LogP contribution is 2.21. The molecule has 0 aromatic heterocycles. The summed E-state index contributed by atoms with van der Waals surface area (Å²) in [7, 11) is 4.11. The van der Waals surface area contributed by atoms with Gasteiger partial charge < -0.3 is 31.7 Å². The summed E-state index contributed by atoms with van der Waals surface area (Å²) in [6.07, 6.45) is 0.557. The molecule has 0 aromatic rings. The van der Waals surface area contributed by atoms with Gasteiger partial charge in [0, 0.05) is 54.7 Å². The van der Waals surface area contributed by atoms with E-state index in [2.05, 4.69) is 0 Å². The van der Waals surface area contributed by atoms with E-state index in [0.29, 0.717) is 24.9 Å². The van der Waals surface area contributed by atoms with Gasteiger partial charge in [-0.2, -0.15) is 0 Å². The van der Waals surface area contributed by atoms with E-state index >= 15 is 0 Å². The van der Waals surface area contributed by atoms with Crippen molar-refractivity contribution < 1.29 is 31.7 Å². The molecule has 0 aromatic carbocycles. The zero-order chi connectivity index (χ0) is 15.6. The minimum atomic E-state index is -2.62. The second kappa shape index (κ2) is 9.98. The molecule has 0 unspecified atom stereocenters. The van der Waals surface area contributed by atoms with Crippen LogP contribution in [-0.4, -0.2) is 71.5 Å². The van der Waals surface area contributed by atoms with E-state index < -0.39 is 23.7 Å². The Morgan fingerprint density at radius 1 is 0.650 bits per heavy atom. The number of hydrogen-bond donors (Lipinski definition) is 1. The van der Waals surface area contributed by atoms with Gasteiger partial charge in [-0.15, -0.1) is 0 Å². The summed E-state index contributed by atoms with van der Waals surface area (Å²) in [6.45, 7) is 0. The molecular weight excluding hydrogens is 300 g/mol. The molecule has 0 heterocycles. The lowest BCUT2D eigenvalue weighted by atomic mass is 10.2. The van der Waals surface area contributed by atoms with Crippen LogP contribution in [-0.2, 0) is 26.6 Å². The van der Waals surface area contributed by atoms with Crippen LogP contribution in [0.2, 0.25) is 12.1 Å². The number of aliphatic hydroxyl groups is 1. The summed E-state index contributed by atoms with van der Waals surface area (Å²) < 4.78 is 31.9. The molecule has 122 valence electrons. The van der Waals surface area contributed by atoms with Gasteiger partial charge in [0.15, 0.2) is 0 Å². The van der Waals surface area contributed by atoms with Crippen molar-refractivity contribution in [2.75, 3.05) is 42.7 Å². The Morgan fingerprint density at radius 3 is 1.10 bits per heavy atom. The van der Waals surface area contributed by atoms with Gasteiger partial charge in [0.05, 0.1) is 6.10 Å². The molecule has 9 heteroatoms. The number of hydrogen-bond acceptors (Lipinski definition) is 7. The fourth-order valence-corrected chi connectivity index (χ4v) is 5.54. The summed E-state index contributed by atoms with van der Waals surface area (Å²) >= 11 is 0. The van der Waals surface area contributed by atoms with Crippen molar-refractivity contribution in [2.24, 2.45) is 0 Å². The third-order valence-corrected chi connectivity index (χ3v) is 8.97. The van der Waals surface area contributed by atoms with Crippen LogP contribution in [0.25, 0.3) is 0 Å². The molecule has 0 amide bonds. The average molecular weight is 329 g/mol. The van der Waals surface area contributed by atoms with Crippen molar-refractivity contribution in [3.05, 3.63) is 0 Å². The van der Waals surface area contributed by atoms with Crippen LogP contribution >= 0.6 is 0 Å². The maximum atomic E-state index is 10.1. The molecule has 20 heavy (non-hydrogen) atoms. The monoisotopic (exact) mass is 328 g/mol. The van der Waals surface area contributed by atoms with Gasteiger partial charge in [-0.25, -0.2) is 0 Å². The van der Waals surface area contributed by atoms with E-state index in [0.717, 1.165) is 0 Å². The molecule has 7 nitrogen and oxygen atoms in total. The minimum Gasteiger partial charge on any atom is -0.393 e. The van der Waals surface area contributed by atoms with Gasteiger partial charge in [0.1, 0.15) is 0 Å². The summed E-state index contributed by atoms with van der Waals surface area (Å²) in [5.74, 6) is 0. The minimum absolute atomic E-state index is 0.505. The van der Waals surface area contributed by atoms with Crippen LogP contribution in [0.15, 0.2) is 0 Å². The molecule has 0 spiro atoms. The molecule has 0 aliphatic heterocycles. The first-order valence-corrected chi connectivity index (χ1v) is 10.3. The smallest absolute Gasteiger partial charge is 0.393 e. The van der Waals surface area contributed by atoms with Gasteiger partial charge in [-0.3, -0.25) is 0 Å². The van der Waals surface area contributed by atoms with E-state index in [4.69, 9.17) is 26.6 Å². The Hall–Kier alpha value is 0.154. The van der Waals surface area contributed by atoms with E-state index in [1.807, 2.05) is 0 Å². The van der Waals surface area contributed by atoms with Crippen LogP contribution in [0, 0.1) is 0 Å². The number of aliphatic hydroxyl groups excluding tert-OH is 1. The molecule has 1 N–H and O–H groups in total. The maximum Gasteiger partial charge on any atom is 0.500 e. The topological polar surface area (TPSA) is 75.6 Å². The van der Waals surface area contributed by atoms with Crippen molar-refractivity contribution in [1.82, 2.24) is 0 Å². The fraction of sp³-hybridized carbons (Fsp3) is 1.00. The van der Waals surface area contributed by atoms with Crippen LogP contribution in [0.5, 0.6) is 0 Å². The van der Waals surface area contributed by atoms with Gasteiger partial charge in [0.25, 0.3) is 0 Å². The Kier molecular flexibility index (Phi) is 10.1. The first-order valence-electron chi connectivity index (χ1n) is 6.46. The fourth-order valence-electron chi connectivity index (χ4n) is 1.94. The normalized spacial score (nSPS) is 13.2.